The zero-order valence-electron chi connectivity index (χ0n) is 9.41. The molecule has 0 aliphatic heterocycles. The number of carbonyl (C=O) groups is 1. The first kappa shape index (κ1) is 13.2. The van der Waals surface area contributed by atoms with Crippen molar-refractivity contribution in [2.24, 2.45) is 5.73 Å². The Labute approximate surface area is 95.2 Å². The van der Waals surface area contributed by atoms with Crippen molar-refractivity contribution in [2.45, 2.75) is 43.9 Å². The van der Waals surface area contributed by atoms with Crippen LogP contribution in [0.4, 0.5) is 4.79 Å². The van der Waals surface area contributed by atoms with Crippen LogP contribution in [-0.2, 0) is 0 Å². The molecule has 0 aromatic heterocycles. The third-order valence-corrected chi connectivity index (χ3v) is 2.96. The molecule has 0 saturated heterocycles. The monoisotopic (exact) mass is 231 g/mol. The molecule has 94 valence electrons. The number of nitrogens with one attached hydrogen (secondary N) is 2. The predicted molar refractivity (Wildman–Crippen MR) is 59.6 cm³/mol. The van der Waals surface area contributed by atoms with E-state index in [0.29, 0.717) is 0 Å². The number of primary amides is 1. The van der Waals surface area contributed by atoms with Crippen LogP contribution in [0.1, 0.15) is 32.1 Å². The Balaban J connectivity index is 2.52. The average Bonchev–Trinajstić information content (AvgIpc) is 2.26. The Hall–Kier alpha value is -0.850. The lowest BCUT2D eigenvalue weighted by Crippen LogP contribution is -2.62. The zero-order chi connectivity index (χ0) is 12.0. The van der Waals surface area contributed by atoms with Gasteiger partial charge in [-0.1, -0.05) is 6.42 Å². The summed E-state index contributed by atoms with van der Waals surface area (Å²) in [5.41, 5.74) is 4.63. The molecule has 1 saturated carbocycles. The molecule has 1 fully saturated rings. The van der Waals surface area contributed by atoms with Crippen LogP contribution >= 0.6 is 0 Å². The highest BCUT2D eigenvalue weighted by Crippen LogP contribution is 2.25. The number of aliphatic hydroxyl groups is 2. The van der Waals surface area contributed by atoms with E-state index in [2.05, 4.69) is 10.6 Å². The second-order valence-corrected chi connectivity index (χ2v) is 4.35. The van der Waals surface area contributed by atoms with E-state index in [1.165, 1.54) is 0 Å². The van der Waals surface area contributed by atoms with E-state index < -0.39 is 17.8 Å². The first-order valence-electron chi connectivity index (χ1n) is 5.69. The first-order valence-corrected chi connectivity index (χ1v) is 5.69. The normalized spacial score (nSPS) is 21.4. The van der Waals surface area contributed by atoms with Gasteiger partial charge in [-0.05, 0) is 25.7 Å². The Morgan fingerprint density at radius 2 is 2.00 bits per heavy atom. The molecular formula is C10H21N3O3. The van der Waals surface area contributed by atoms with Crippen LogP contribution < -0.4 is 16.4 Å². The molecule has 1 aliphatic rings. The summed E-state index contributed by atoms with van der Waals surface area (Å²) in [4.78, 5) is 10.9. The number of rotatable bonds is 5. The standard InChI is InChI=1S/C10H21N3O3/c11-9(16)13-10(4-2-1-3-5-10)12-6-8(15)7-14/h8,12,14-15H,1-7H2,(H3,11,13,16). The van der Waals surface area contributed by atoms with Crippen LogP contribution in [0.5, 0.6) is 0 Å². The molecule has 0 spiro atoms. The molecule has 0 aromatic carbocycles. The Morgan fingerprint density at radius 3 is 2.50 bits per heavy atom. The molecule has 6 nitrogen and oxygen atoms in total. The van der Waals surface area contributed by atoms with Gasteiger partial charge in [0.2, 0.25) is 0 Å². The van der Waals surface area contributed by atoms with E-state index in [1.54, 1.807) is 0 Å². The molecule has 6 heteroatoms. The molecule has 1 atom stereocenters. The van der Waals surface area contributed by atoms with Crippen molar-refractivity contribution in [3.63, 3.8) is 0 Å². The minimum Gasteiger partial charge on any atom is -0.394 e. The topological polar surface area (TPSA) is 108 Å². The van der Waals surface area contributed by atoms with Gasteiger partial charge in [-0.3, -0.25) is 5.32 Å². The summed E-state index contributed by atoms with van der Waals surface area (Å²) in [6.07, 6.45) is 3.97. The van der Waals surface area contributed by atoms with Gasteiger partial charge in [-0.15, -0.1) is 0 Å². The number of carbonyl (C=O) groups excluding carboxylic acids is 1. The van der Waals surface area contributed by atoms with Crippen LogP contribution in [0.15, 0.2) is 0 Å². The maximum atomic E-state index is 10.9. The number of amides is 2. The maximum Gasteiger partial charge on any atom is 0.313 e. The molecule has 0 heterocycles. The van der Waals surface area contributed by atoms with Crippen molar-refractivity contribution in [1.29, 1.82) is 0 Å². The summed E-state index contributed by atoms with van der Waals surface area (Å²) in [6, 6.07) is -0.562. The SMILES string of the molecule is NC(=O)NC1(NCC(O)CO)CCCCC1. The molecule has 1 rings (SSSR count). The van der Waals surface area contributed by atoms with Gasteiger partial charge in [0.05, 0.1) is 18.4 Å². The molecule has 16 heavy (non-hydrogen) atoms. The van der Waals surface area contributed by atoms with Crippen molar-refractivity contribution in [1.82, 2.24) is 10.6 Å². The number of hydrogen-bond donors (Lipinski definition) is 5. The number of urea groups is 1. The van der Waals surface area contributed by atoms with Crippen LogP contribution in [0.25, 0.3) is 0 Å². The average molecular weight is 231 g/mol. The summed E-state index contributed by atoms with van der Waals surface area (Å²) in [5.74, 6) is 0. The molecular weight excluding hydrogens is 210 g/mol. The lowest BCUT2D eigenvalue weighted by Gasteiger charge is -2.39. The molecule has 6 N–H and O–H groups in total. The minimum atomic E-state index is -0.812. The van der Waals surface area contributed by atoms with Gasteiger partial charge in [0.1, 0.15) is 0 Å². The molecule has 0 aromatic rings. The van der Waals surface area contributed by atoms with E-state index in [1.807, 2.05) is 0 Å². The van der Waals surface area contributed by atoms with Crippen LogP contribution in [0, 0.1) is 0 Å². The van der Waals surface area contributed by atoms with Crippen LogP contribution in [0.3, 0.4) is 0 Å². The molecule has 2 amide bonds. The highest BCUT2D eigenvalue weighted by molar-refractivity contribution is 5.72. The van der Waals surface area contributed by atoms with Crippen molar-refractivity contribution >= 4 is 6.03 Å². The third kappa shape index (κ3) is 3.96. The predicted octanol–water partition coefficient (Wildman–Crippen LogP) is -0.742. The highest BCUT2D eigenvalue weighted by Gasteiger charge is 2.32. The van der Waals surface area contributed by atoms with Gasteiger partial charge in [0.25, 0.3) is 0 Å². The smallest absolute Gasteiger partial charge is 0.313 e. The van der Waals surface area contributed by atoms with Crippen LogP contribution in [0.2, 0.25) is 0 Å². The maximum absolute atomic E-state index is 10.9. The van der Waals surface area contributed by atoms with Gasteiger partial charge in [0.15, 0.2) is 0 Å². The van der Waals surface area contributed by atoms with Crippen molar-refractivity contribution in [3.8, 4) is 0 Å². The van der Waals surface area contributed by atoms with Crippen molar-refractivity contribution in [3.05, 3.63) is 0 Å². The van der Waals surface area contributed by atoms with Gasteiger partial charge in [-0.2, -0.15) is 0 Å². The zero-order valence-corrected chi connectivity index (χ0v) is 9.41. The lowest BCUT2D eigenvalue weighted by molar-refractivity contribution is 0.0762. The van der Waals surface area contributed by atoms with Gasteiger partial charge >= 0.3 is 6.03 Å². The molecule has 1 unspecified atom stereocenters. The van der Waals surface area contributed by atoms with E-state index in [9.17, 15) is 9.90 Å². The lowest BCUT2D eigenvalue weighted by atomic mass is 9.88. The minimum absolute atomic E-state index is 0.247. The summed E-state index contributed by atoms with van der Waals surface area (Å²) < 4.78 is 0. The summed E-state index contributed by atoms with van der Waals surface area (Å²) in [6.45, 7) is -0.0452. The summed E-state index contributed by atoms with van der Waals surface area (Å²) >= 11 is 0. The van der Waals surface area contributed by atoms with Crippen molar-refractivity contribution in [2.75, 3.05) is 13.2 Å². The summed E-state index contributed by atoms with van der Waals surface area (Å²) in [7, 11) is 0. The highest BCUT2D eigenvalue weighted by atomic mass is 16.3. The summed E-state index contributed by atoms with van der Waals surface area (Å²) in [5, 5.41) is 23.8. The van der Waals surface area contributed by atoms with Crippen molar-refractivity contribution < 1.29 is 15.0 Å². The fourth-order valence-electron chi connectivity index (χ4n) is 2.11. The van der Waals surface area contributed by atoms with Gasteiger partial charge in [-0.25, -0.2) is 4.79 Å². The van der Waals surface area contributed by atoms with Crippen LogP contribution in [-0.4, -0.2) is 41.2 Å². The van der Waals surface area contributed by atoms with E-state index in [4.69, 9.17) is 10.8 Å². The Bertz CT molecular complexity index is 229. The van der Waals surface area contributed by atoms with Gasteiger partial charge < -0.3 is 21.3 Å². The number of hydrogen-bond acceptors (Lipinski definition) is 4. The quantitative estimate of drug-likeness (QED) is 0.401. The fraction of sp³-hybridized carbons (Fsp3) is 0.900. The third-order valence-electron chi connectivity index (χ3n) is 2.96. The van der Waals surface area contributed by atoms with E-state index in [-0.39, 0.29) is 13.2 Å². The first-order chi connectivity index (χ1) is 7.58. The Morgan fingerprint density at radius 1 is 1.38 bits per heavy atom. The number of nitrogens with two attached hydrogens (primary N) is 1. The largest absolute Gasteiger partial charge is 0.394 e. The fourth-order valence-corrected chi connectivity index (χ4v) is 2.11. The van der Waals surface area contributed by atoms with E-state index in [0.717, 1.165) is 32.1 Å². The molecule has 0 bridgehead atoms. The Kier molecular flexibility index (Phi) is 4.98. The van der Waals surface area contributed by atoms with Gasteiger partial charge in [0, 0.05) is 6.54 Å². The molecule has 1 aliphatic carbocycles. The van der Waals surface area contributed by atoms with E-state index >= 15 is 0 Å². The second kappa shape index (κ2) is 6.03. The number of aliphatic hydroxyl groups excluding tert-OH is 2. The second-order valence-electron chi connectivity index (χ2n) is 4.35. The molecule has 0 radical (unpaired) electrons.